The van der Waals surface area contributed by atoms with Crippen molar-refractivity contribution in [3.05, 3.63) is 31.9 Å². The molecule has 1 aromatic heterocycles. The average molecular weight is 120 g/mol. The van der Waals surface area contributed by atoms with Crippen LogP contribution in [0, 0.1) is 0 Å². The molecule has 0 saturated heterocycles. The summed E-state index contributed by atoms with van der Waals surface area (Å²) in [6.45, 7) is 6.00. The van der Waals surface area contributed by atoms with Crippen LogP contribution in [-0.2, 0) is 0 Å². The minimum atomic E-state index is 0. The number of imidazole rings is 1. The first-order valence-corrected chi connectivity index (χ1v) is 1.93. The van der Waals surface area contributed by atoms with Gasteiger partial charge in [-0.15, -0.1) is 13.2 Å². The molecular weight excluding hydrogens is 111 g/mol. The molecule has 0 aliphatic heterocycles. The zero-order valence-corrected chi connectivity index (χ0v) is 7.09. The van der Waals surface area contributed by atoms with Crippen molar-refractivity contribution in [1.82, 2.24) is 9.97 Å². The van der Waals surface area contributed by atoms with E-state index < -0.39 is 0 Å². The molecule has 0 aliphatic rings. The molecule has 1 heterocycles. The number of aromatic amines is 1. The van der Waals surface area contributed by atoms with E-state index in [9.17, 15) is 0 Å². The largest absolute Gasteiger partial charge is 1.00 e. The minimum absolute atomic E-state index is 0. The molecule has 0 aromatic carbocycles. The maximum Gasteiger partial charge on any atom is 1.00 e. The topological polar surface area (TPSA) is 28.7 Å². The molecule has 1 aromatic rings. The van der Waals surface area contributed by atoms with E-state index in [-0.39, 0.29) is 31.0 Å². The molecule has 0 unspecified atom stereocenters. The Hall–Kier alpha value is -0.0500. The van der Waals surface area contributed by atoms with Crippen LogP contribution in [0.25, 0.3) is 0 Å². The third-order valence-corrected chi connectivity index (χ3v) is 0.406. The van der Waals surface area contributed by atoms with E-state index in [4.69, 9.17) is 0 Å². The van der Waals surface area contributed by atoms with E-state index in [2.05, 4.69) is 23.1 Å². The van der Waals surface area contributed by atoms with Gasteiger partial charge in [0.25, 0.3) is 0 Å². The van der Waals surface area contributed by atoms with E-state index in [0.717, 1.165) is 0 Å². The summed E-state index contributed by atoms with van der Waals surface area (Å²) in [7, 11) is 0. The molecule has 3 heteroatoms. The normalized spacial score (nSPS) is 5.50. The van der Waals surface area contributed by atoms with E-state index in [1.54, 1.807) is 18.7 Å². The summed E-state index contributed by atoms with van der Waals surface area (Å²) in [6.07, 6.45) is 5.08. The Morgan fingerprint density at radius 1 is 1.50 bits per heavy atom. The molecule has 1 N–H and O–H groups in total. The summed E-state index contributed by atoms with van der Waals surface area (Å²) in [5, 5.41) is 0. The Morgan fingerprint density at radius 2 is 2.12 bits per heavy atom. The van der Waals surface area contributed by atoms with Crippen molar-refractivity contribution < 1.29 is 31.0 Å². The van der Waals surface area contributed by atoms with E-state index in [1.807, 2.05) is 0 Å². The van der Waals surface area contributed by atoms with E-state index >= 15 is 0 Å². The Balaban J connectivity index is -0.0000000836. The van der Waals surface area contributed by atoms with Gasteiger partial charge in [-0.1, -0.05) is 0 Å². The van der Waals surface area contributed by atoms with Crippen molar-refractivity contribution in [1.29, 1.82) is 0 Å². The van der Waals surface area contributed by atoms with Gasteiger partial charge in [0.15, 0.2) is 0 Å². The van der Waals surface area contributed by atoms with Gasteiger partial charge in [0.1, 0.15) is 0 Å². The van der Waals surface area contributed by atoms with E-state index in [0.29, 0.717) is 0 Å². The van der Waals surface area contributed by atoms with Crippen molar-refractivity contribution in [2.45, 2.75) is 0 Å². The van der Waals surface area contributed by atoms with Crippen LogP contribution in [0.3, 0.4) is 0 Å². The fraction of sp³-hybridized carbons (Fsp3) is 0. The Kier molecular flexibility index (Phi) is 13.6. The molecule has 0 fully saturated rings. The van der Waals surface area contributed by atoms with Crippen LogP contribution in [-0.4, -0.2) is 9.97 Å². The average Bonchev–Trinajstić information content (AvgIpc) is 2.23. The molecule has 0 aliphatic carbocycles. The van der Waals surface area contributed by atoms with Gasteiger partial charge in [-0.3, -0.25) is 0 Å². The number of nitrogens with one attached hydrogen (secondary N) is 1. The number of hydrogen-bond donors (Lipinski definition) is 1. The fourth-order valence-corrected chi connectivity index (χ4v) is 0.215. The van der Waals surface area contributed by atoms with Crippen molar-refractivity contribution in [2.75, 3.05) is 0 Å². The SMILES string of the molecule is C=C.[H-].[Na+].c1c[nH]cn1. The first-order chi connectivity index (χ1) is 3.50. The quantitative estimate of drug-likeness (QED) is 0.322. The molecule has 40 valence electrons. The van der Waals surface area contributed by atoms with Gasteiger partial charge in [-0.2, -0.15) is 0 Å². The van der Waals surface area contributed by atoms with Crippen LogP contribution in [0.1, 0.15) is 1.43 Å². The zero-order chi connectivity index (χ0) is 5.54. The Bertz CT molecular complexity index is 81.9. The number of rotatable bonds is 0. The van der Waals surface area contributed by atoms with Gasteiger partial charge in [0.05, 0.1) is 6.33 Å². The minimum Gasteiger partial charge on any atom is -1.00 e. The predicted octanol–water partition coefficient (Wildman–Crippen LogP) is -1.67. The standard InChI is InChI=1S/C3H4N2.C2H4.Na.H/c1-2-5-3-4-1;1-2;;/h1-3H,(H,4,5);1-2H2;;/q;;+1;-1. The number of nitrogens with zero attached hydrogens (tertiary/aromatic N) is 1. The van der Waals surface area contributed by atoms with Gasteiger partial charge >= 0.3 is 29.6 Å². The van der Waals surface area contributed by atoms with Gasteiger partial charge < -0.3 is 6.41 Å². The van der Waals surface area contributed by atoms with Gasteiger partial charge in [-0.25, -0.2) is 4.98 Å². The van der Waals surface area contributed by atoms with Gasteiger partial charge in [-0.05, 0) is 0 Å². The first-order valence-electron chi connectivity index (χ1n) is 1.93. The number of H-pyrrole nitrogens is 1. The second kappa shape index (κ2) is 10.0. The summed E-state index contributed by atoms with van der Waals surface area (Å²) in [5.41, 5.74) is 0. The zero-order valence-electron chi connectivity index (χ0n) is 6.09. The number of aromatic nitrogens is 2. The smallest absolute Gasteiger partial charge is 1.00 e. The summed E-state index contributed by atoms with van der Waals surface area (Å²) >= 11 is 0. The molecule has 0 bridgehead atoms. The number of hydrogen-bond acceptors (Lipinski definition) is 1. The van der Waals surface area contributed by atoms with Crippen LogP contribution in [0.15, 0.2) is 31.9 Å². The summed E-state index contributed by atoms with van der Waals surface area (Å²) in [5.74, 6) is 0. The second-order valence-corrected chi connectivity index (χ2v) is 0.761. The predicted molar refractivity (Wildman–Crippen MR) is 31.0 cm³/mol. The van der Waals surface area contributed by atoms with Crippen molar-refractivity contribution in [2.24, 2.45) is 0 Å². The molecule has 2 nitrogen and oxygen atoms in total. The second-order valence-electron chi connectivity index (χ2n) is 0.761. The van der Waals surface area contributed by atoms with Crippen LogP contribution in [0.5, 0.6) is 0 Å². The molecule has 8 heavy (non-hydrogen) atoms. The third-order valence-electron chi connectivity index (χ3n) is 0.406. The first kappa shape index (κ1) is 10.8. The van der Waals surface area contributed by atoms with Crippen LogP contribution >= 0.6 is 0 Å². The molecule has 1 rings (SSSR count). The summed E-state index contributed by atoms with van der Waals surface area (Å²) < 4.78 is 0. The monoisotopic (exact) mass is 120 g/mol. The third kappa shape index (κ3) is 5.95. The van der Waals surface area contributed by atoms with Gasteiger partial charge in [0.2, 0.25) is 0 Å². The Morgan fingerprint density at radius 3 is 2.25 bits per heavy atom. The van der Waals surface area contributed by atoms with Crippen LogP contribution in [0.4, 0.5) is 0 Å². The molecule has 0 saturated carbocycles. The fourth-order valence-electron chi connectivity index (χ4n) is 0.215. The van der Waals surface area contributed by atoms with Crippen molar-refractivity contribution in [3.8, 4) is 0 Å². The van der Waals surface area contributed by atoms with Crippen molar-refractivity contribution >= 4 is 0 Å². The Labute approximate surface area is 72.8 Å². The maximum absolute atomic E-state index is 3.67. The maximum atomic E-state index is 3.67. The van der Waals surface area contributed by atoms with Gasteiger partial charge in [0, 0.05) is 12.4 Å². The molecule has 0 atom stereocenters. The molecule has 0 radical (unpaired) electrons. The molecular formula is C5H9N2Na. The molecule has 0 amide bonds. The van der Waals surface area contributed by atoms with Crippen LogP contribution in [0.2, 0.25) is 0 Å². The molecule has 0 spiro atoms. The van der Waals surface area contributed by atoms with Crippen molar-refractivity contribution in [3.63, 3.8) is 0 Å². The van der Waals surface area contributed by atoms with Crippen LogP contribution < -0.4 is 29.6 Å². The summed E-state index contributed by atoms with van der Waals surface area (Å²) in [4.78, 5) is 6.42. The van der Waals surface area contributed by atoms with E-state index in [1.165, 1.54) is 0 Å². The summed E-state index contributed by atoms with van der Waals surface area (Å²) in [6, 6.07) is 0.